The molecule has 1 heterocycles. The molecule has 0 bridgehead atoms. The van der Waals surface area contributed by atoms with Gasteiger partial charge in [0.25, 0.3) is 5.91 Å². The molecule has 0 radical (unpaired) electrons. The van der Waals surface area contributed by atoms with Gasteiger partial charge in [0.1, 0.15) is 6.61 Å². The van der Waals surface area contributed by atoms with Crippen LogP contribution in [0.5, 0.6) is 0 Å². The van der Waals surface area contributed by atoms with E-state index >= 15 is 0 Å². The standard InChI is InChI=1S/C22H24F3N3O3/c23-22(24,25)16-31-15-17-6-8-18(9-7-17)21(30)26-14-20(29)28-12-10-27(11-13-28)19-4-2-1-3-5-19/h1-9H,10-16H2,(H,26,30). The van der Waals surface area contributed by atoms with Crippen molar-refractivity contribution in [3.63, 3.8) is 0 Å². The van der Waals surface area contributed by atoms with Crippen molar-refractivity contribution in [2.45, 2.75) is 12.8 Å². The summed E-state index contributed by atoms with van der Waals surface area (Å²) >= 11 is 0. The van der Waals surface area contributed by atoms with Gasteiger partial charge in [-0.1, -0.05) is 30.3 Å². The van der Waals surface area contributed by atoms with Gasteiger partial charge in [-0.15, -0.1) is 0 Å². The van der Waals surface area contributed by atoms with E-state index in [1.165, 1.54) is 24.3 Å². The Labute approximate surface area is 178 Å². The van der Waals surface area contributed by atoms with Gasteiger partial charge in [-0.2, -0.15) is 13.2 Å². The van der Waals surface area contributed by atoms with Crippen LogP contribution in [0.1, 0.15) is 15.9 Å². The predicted molar refractivity (Wildman–Crippen MR) is 110 cm³/mol. The van der Waals surface area contributed by atoms with Crippen LogP contribution in [0.25, 0.3) is 0 Å². The van der Waals surface area contributed by atoms with Gasteiger partial charge in [0.2, 0.25) is 5.91 Å². The molecule has 166 valence electrons. The van der Waals surface area contributed by atoms with Gasteiger partial charge in [0.05, 0.1) is 13.2 Å². The lowest BCUT2D eigenvalue weighted by Crippen LogP contribution is -2.51. The maximum absolute atomic E-state index is 12.4. The zero-order chi connectivity index (χ0) is 22.3. The molecule has 0 spiro atoms. The average molecular weight is 435 g/mol. The second kappa shape index (κ2) is 10.3. The number of piperazine rings is 1. The van der Waals surface area contributed by atoms with Crippen molar-refractivity contribution in [2.75, 3.05) is 44.2 Å². The molecule has 1 aliphatic heterocycles. The highest BCUT2D eigenvalue weighted by atomic mass is 19.4. The fourth-order valence-electron chi connectivity index (χ4n) is 3.26. The van der Waals surface area contributed by atoms with Crippen LogP contribution in [0.2, 0.25) is 0 Å². The Morgan fingerprint density at radius 1 is 0.935 bits per heavy atom. The average Bonchev–Trinajstić information content (AvgIpc) is 2.77. The highest BCUT2D eigenvalue weighted by molar-refractivity contribution is 5.96. The highest BCUT2D eigenvalue weighted by Gasteiger charge is 2.27. The number of carbonyl (C=O) groups excluding carboxylic acids is 2. The molecule has 2 amide bonds. The Morgan fingerprint density at radius 2 is 1.58 bits per heavy atom. The van der Waals surface area contributed by atoms with Gasteiger partial charge >= 0.3 is 6.18 Å². The zero-order valence-corrected chi connectivity index (χ0v) is 16.9. The first-order valence-corrected chi connectivity index (χ1v) is 9.91. The fraction of sp³-hybridized carbons (Fsp3) is 0.364. The number of amides is 2. The van der Waals surface area contributed by atoms with Gasteiger partial charge in [0, 0.05) is 37.4 Å². The summed E-state index contributed by atoms with van der Waals surface area (Å²) in [7, 11) is 0. The van der Waals surface area contributed by atoms with Crippen molar-refractivity contribution in [1.29, 1.82) is 0 Å². The smallest absolute Gasteiger partial charge is 0.368 e. The van der Waals surface area contributed by atoms with E-state index in [0.717, 1.165) is 18.8 Å². The van der Waals surface area contributed by atoms with Crippen LogP contribution in [0.15, 0.2) is 54.6 Å². The number of hydrogen-bond donors (Lipinski definition) is 1. The monoisotopic (exact) mass is 435 g/mol. The summed E-state index contributed by atoms with van der Waals surface area (Å²) in [5.41, 5.74) is 1.96. The minimum atomic E-state index is -4.37. The first kappa shape index (κ1) is 22.6. The normalized spacial score (nSPS) is 14.4. The molecule has 1 aliphatic rings. The Morgan fingerprint density at radius 3 is 2.19 bits per heavy atom. The van der Waals surface area contributed by atoms with Crippen molar-refractivity contribution in [3.8, 4) is 0 Å². The molecule has 6 nitrogen and oxygen atoms in total. The van der Waals surface area contributed by atoms with E-state index in [2.05, 4.69) is 15.0 Å². The molecule has 0 atom stereocenters. The summed E-state index contributed by atoms with van der Waals surface area (Å²) in [5, 5.41) is 2.60. The number of para-hydroxylation sites is 1. The van der Waals surface area contributed by atoms with Crippen LogP contribution in [0, 0.1) is 0 Å². The van der Waals surface area contributed by atoms with Crippen molar-refractivity contribution in [2.24, 2.45) is 0 Å². The Bertz CT molecular complexity index is 865. The molecule has 0 aliphatic carbocycles. The van der Waals surface area contributed by atoms with Gasteiger partial charge in [-0.3, -0.25) is 9.59 Å². The molecule has 31 heavy (non-hydrogen) atoms. The Hall–Kier alpha value is -3.07. The molecular weight excluding hydrogens is 411 g/mol. The largest absolute Gasteiger partial charge is 0.411 e. The van der Waals surface area contributed by atoms with E-state index in [9.17, 15) is 22.8 Å². The number of carbonyl (C=O) groups is 2. The van der Waals surface area contributed by atoms with E-state index in [1.807, 2.05) is 30.3 Å². The summed E-state index contributed by atoms with van der Waals surface area (Å²) in [6, 6.07) is 16.0. The quantitative estimate of drug-likeness (QED) is 0.727. The van der Waals surface area contributed by atoms with Crippen LogP contribution in [-0.4, -0.2) is 62.2 Å². The van der Waals surface area contributed by atoms with Crippen molar-refractivity contribution in [1.82, 2.24) is 10.2 Å². The molecule has 9 heteroatoms. The summed E-state index contributed by atoms with van der Waals surface area (Å²) in [5.74, 6) is -0.572. The highest BCUT2D eigenvalue weighted by Crippen LogP contribution is 2.16. The summed E-state index contributed by atoms with van der Waals surface area (Å²) in [6.07, 6.45) is -4.37. The molecule has 1 fully saturated rings. The van der Waals surface area contributed by atoms with E-state index < -0.39 is 18.7 Å². The minimum Gasteiger partial charge on any atom is -0.368 e. The molecule has 0 saturated carbocycles. The van der Waals surface area contributed by atoms with Crippen LogP contribution in [0.4, 0.5) is 18.9 Å². The summed E-state index contributed by atoms with van der Waals surface area (Å²) in [4.78, 5) is 28.6. The lowest BCUT2D eigenvalue weighted by molar-refractivity contribution is -0.176. The number of alkyl halides is 3. The van der Waals surface area contributed by atoms with Gasteiger partial charge in [0.15, 0.2) is 0 Å². The van der Waals surface area contributed by atoms with Crippen molar-refractivity contribution < 1.29 is 27.5 Å². The number of hydrogen-bond acceptors (Lipinski definition) is 4. The first-order valence-electron chi connectivity index (χ1n) is 9.91. The van der Waals surface area contributed by atoms with E-state index in [0.29, 0.717) is 24.2 Å². The van der Waals surface area contributed by atoms with Gasteiger partial charge < -0.3 is 19.9 Å². The van der Waals surface area contributed by atoms with Crippen LogP contribution >= 0.6 is 0 Å². The molecule has 0 aromatic heterocycles. The second-order valence-electron chi connectivity index (χ2n) is 7.19. The molecule has 1 saturated heterocycles. The minimum absolute atomic E-state index is 0.111. The van der Waals surface area contributed by atoms with Crippen molar-refractivity contribution >= 4 is 17.5 Å². The second-order valence-corrected chi connectivity index (χ2v) is 7.19. The van der Waals surface area contributed by atoms with Crippen LogP contribution in [0.3, 0.4) is 0 Å². The number of halogens is 3. The lowest BCUT2D eigenvalue weighted by atomic mass is 10.1. The first-order chi connectivity index (χ1) is 14.8. The summed E-state index contributed by atoms with van der Waals surface area (Å²) in [6.45, 7) is 0.974. The number of nitrogens with one attached hydrogen (secondary N) is 1. The third-order valence-corrected chi connectivity index (χ3v) is 4.90. The van der Waals surface area contributed by atoms with E-state index in [1.54, 1.807) is 4.90 Å². The molecule has 2 aromatic carbocycles. The number of rotatable bonds is 7. The molecular formula is C22H24F3N3O3. The topological polar surface area (TPSA) is 61.9 Å². The van der Waals surface area contributed by atoms with E-state index in [-0.39, 0.29) is 19.1 Å². The maximum atomic E-state index is 12.4. The van der Waals surface area contributed by atoms with Crippen LogP contribution in [-0.2, 0) is 16.1 Å². The molecule has 3 rings (SSSR count). The van der Waals surface area contributed by atoms with Crippen molar-refractivity contribution in [3.05, 3.63) is 65.7 Å². The van der Waals surface area contributed by atoms with Gasteiger partial charge in [-0.25, -0.2) is 0 Å². The third-order valence-electron chi connectivity index (χ3n) is 4.90. The number of benzene rings is 2. The SMILES string of the molecule is O=C(NCC(=O)N1CCN(c2ccccc2)CC1)c1ccc(COCC(F)(F)F)cc1. The van der Waals surface area contributed by atoms with Gasteiger partial charge in [-0.05, 0) is 29.8 Å². The molecule has 0 unspecified atom stereocenters. The maximum Gasteiger partial charge on any atom is 0.411 e. The number of nitrogens with zero attached hydrogens (tertiary/aromatic N) is 2. The fourth-order valence-corrected chi connectivity index (χ4v) is 3.26. The Kier molecular flexibility index (Phi) is 7.51. The number of anilines is 1. The zero-order valence-electron chi connectivity index (χ0n) is 16.9. The predicted octanol–water partition coefficient (Wildman–Crippen LogP) is 2.84. The Balaban J connectivity index is 1.40. The molecule has 1 N–H and O–H groups in total. The summed E-state index contributed by atoms with van der Waals surface area (Å²) < 4.78 is 40.9. The molecule has 2 aromatic rings. The third kappa shape index (κ3) is 6.99. The van der Waals surface area contributed by atoms with Crippen LogP contribution < -0.4 is 10.2 Å². The lowest BCUT2D eigenvalue weighted by Gasteiger charge is -2.36. The number of ether oxygens (including phenoxy) is 1. The van der Waals surface area contributed by atoms with E-state index in [4.69, 9.17) is 0 Å².